The molecule has 0 aromatic heterocycles. The second-order valence-electron chi connectivity index (χ2n) is 1.54. The summed E-state index contributed by atoms with van der Waals surface area (Å²) in [5, 5.41) is 0. The maximum Gasteiger partial charge on any atom is 0.0647 e. The van der Waals surface area contributed by atoms with Gasteiger partial charge in [0.15, 0.2) is 0 Å². The van der Waals surface area contributed by atoms with Crippen LogP contribution in [-0.4, -0.2) is 13.2 Å². The molecule has 0 saturated heterocycles. The fourth-order valence-electron chi connectivity index (χ4n) is 0.421. The first-order valence-corrected chi connectivity index (χ1v) is 3.14. The number of allylic oxidation sites excluding steroid dienone is 1. The Hall–Kier alpha value is -0.300. The molecule has 0 bridgehead atoms. The summed E-state index contributed by atoms with van der Waals surface area (Å²) >= 11 is 0. The smallest absolute Gasteiger partial charge is 0.0647 e. The normalized spacial score (nSPS) is 10.8. The van der Waals surface area contributed by atoms with Gasteiger partial charge in [-0.2, -0.15) is 0 Å². The van der Waals surface area contributed by atoms with Gasteiger partial charge in [-0.15, -0.1) is 0 Å². The highest BCUT2D eigenvalue weighted by atomic mass is 16.5. The summed E-state index contributed by atoms with van der Waals surface area (Å²) in [5.41, 5.74) is 0. The van der Waals surface area contributed by atoms with Gasteiger partial charge < -0.3 is 4.74 Å². The fraction of sp³-hybridized carbons (Fsp3) is 0.714. The second kappa shape index (κ2) is 6.70. The predicted molar refractivity (Wildman–Crippen MR) is 35.9 cm³/mol. The Kier molecular flexibility index (Phi) is 6.45. The van der Waals surface area contributed by atoms with Crippen molar-refractivity contribution >= 4 is 0 Å². The maximum absolute atomic E-state index is 5.05. The van der Waals surface area contributed by atoms with Crippen LogP contribution >= 0.6 is 0 Å². The molecule has 0 aromatic rings. The Morgan fingerprint density at radius 1 is 1.25 bits per heavy atom. The van der Waals surface area contributed by atoms with Crippen molar-refractivity contribution in [1.29, 1.82) is 0 Å². The number of rotatable bonds is 4. The van der Waals surface area contributed by atoms with Gasteiger partial charge in [0.05, 0.1) is 6.61 Å². The molecule has 0 rings (SSSR count). The quantitative estimate of drug-likeness (QED) is 0.401. The summed E-state index contributed by atoms with van der Waals surface area (Å²) < 4.78 is 5.05. The van der Waals surface area contributed by atoms with Gasteiger partial charge in [-0.05, 0) is 13.3 Å². The number of hydrogen-bond donors (Lipinski definition) is 0. The van der Waals surface area contributed by atoms with Gasteiger partial charge in [-0.3, -0.25) is 0 Å². The average molecular weight is 114 g/mol. The highest BCUT2D eigenvalue weighted by Gasteiger charge is 1.72. The van der Waals surface area contributed by atoms with Crippen LogP contribution in [0.2, 0.25) is 0 Å². The summed E-state index contributed by atoms with van der Waals surface area (Å²) in [7, 11) is 0. The molecule has 0 unspecified atom stereocenters. The lowest BCUT2D eigenvalue weighted by Crippen LogP contribution is -1.87. The van der Waals surface area contributed by atoms with Crippen molar-refractivity contribution in [2.75, 3.05) is 13.2 Å². The summed E-state index contributed by atoms with van der Waals surface area (Å²) in [6.07, 6.45) is 5.26. The molecule has 0 saturated carbocycles. The van der Waals surface area contributed by atoms with Crippen LogP contribution < -0.4 is 0 Å². The van der Waals surface area contributed by atoms with Crippen LogP contribution in [0.25, 0.3) is 0 Å². The van der Waals surface area contributed by atoms with Gasteiger partial charge in [0, 0.05) is 6.61 Å². The lowest BCUT2D eigenvalue weighted by molar-refractivity contribution is 0.177. The average Bonchev–Trinajstić information content (AvgIpc) is 1.81. The summed E-state index contributed by atoms with van der Waals surface area (Å²) in [5.74, 6) is 0. The standard InChI is InChI=1S/C7H14O/c1-3-5-6-7-8-4-2/h5-6H,3-4,7H2,1-2H3/b6-5-. The highest BCUT2D eigenvalue weighted by Crippen LogP contribution is 1.80. The van der Waals surface area contributed by atoms with E-state index in [0.717, 1.165) is 19.6 Å². The Bertz CT molecular complexity index is 57.4. The van der Waals surface area contributed by atoms with Crippen molar-refractivity contribution in [3.8, 4) is 0 Å². The molecule has 0 aliphatic rings. The second-order valence-corrected chi connectivity index (χ2v) is 1.54. The molecule has 8 heavy (non-hydrogen) atoms. The third-order valence-corrected chi connectivity index (χ3v) is 0.821. The van der Waals surface area contributed by atoms with E-state index in [9.17, 15) is 0 Å². The first kappa shape index (κ1) is 7.70. The fourth-order valence-corrected chi connectivity index (χ4v) is 0.421. The van der Waals surface area contributed by atoms with Gasteiger partial charge in [0.25, 0.3) is 0 Å². The molecule has 0 aromatic carbocycles. The lowest BCUT2D eigenvalue weighted by Gasteiger charge is -1.90. The molecule has 48 valence electrons. The molecule has 0 atom stereocenters. The summed E-state index contributed by atoms with van der Waals surface area (Å²) in [4.78, 5) is 0. The molecule has 1 nitrogen and oxygen atoms in total. The molecule has 0 aliphatic heterocycles. The van der Waals surface area contributed by atoms with Gasteiger partial charge in [-0.1, -0.05) is 19.1 Å². The van der Waals surface area contributed by atoms with Crippen LogP contribution in [0.5, 0.6) is 0 Å². The van der Waals surface area contributed by atoms with Crippen LogP contribution in [0.4, 0.5) is 0 Å². The molecule has 0 amide bonds. The van der Waals surface area contributed by atoms with Crippen molar-refractivity contribution in [3.05, 3.63) is 12.2 Å². The van der Waals surface area contributed by atoms with E-state index < -0.39 is 0 Å². The number of ether oxygens (including phenoxy) is 1. The Morgan fingerprint density at radius 2 is 2.00 bits per heavy atom. The first-order chi connectivity index (χ1) is 3.91. The molecule has 0 N–H and O–H groups in total. The van der Waals surface area contributed by atoms with E-state index in [-0.39, 0.29) is 0 Å². The summed E-state index contributed by atoms with van der Waals surface area (Å²) in [6.45, 7) is 5.70. The lowest BCUT2D eigenvalue weighted by atomic mass is 10.4. The Balaban J connectivity index is 2.80. The highest BCUT2D eigenvalue weighted by molar-refractivity contribution is 4.79. The zero-order valence-corrected chi connectivity index (χ0v) is 5.68. The predicted octanol–water partition coefficient (Wildman–Crippen LogP) is 1.99. The minimum Gasteiger partial charge on any atom is -0.378 e. The topological polar surface area (TPSA) is 9.23 Å². The van der Waals surface area contributed by atoms with Crippen molar-refractivity contribution in [2.45, 2.75) is 20.3 Å². The monoisotopic (exact) mass is 114 g/mol. The van der Waals surface area contributed by atoms with Gasteiger partial charge >= 0.3 is 0 Å². The SMILES string of the molecule is CC/C=C\COCC. The van der Waals surface area contributed by atoms with Gasteiger partial charge in [-0.25, -0.2) is 0 Å². The minimum absolute atomic E-state index is 0.768. The molecule has 0 heterocycles. The van der Waals surface area contributed by atoms with Crippen LogP contribution in [0.1, 0.15) is 20.3 Å². The molecule has 0 spiro atoms. The maximum atomic E-state index is 5.05. The van der Waals surface area contributed by atoms with E-state index in [4.69, 9.17) is 4.74 Å². The van der Waals surface area contributed by atoms with E-state index in [1.54, 1.807) is 0 Å². The molecule has 0 radical (unpaired) electrons. The molecule has 0 aliphatic carbocycles. The molecular weight excluding hydrogens is 100 g/mol. The van der Waals surface area contributed by atoms with Gasteiger partial charge in [0.1, 0.15) is 0 Å². The largest absolute Gasteiger partial charge is 0.378 e. The molecule has 1 heteroatoms. The number of hydrogen-bond acceptors (Lipinski definition) is 1. The zero-order chi connectivity index (χ0) is 6.24. The van der Waals surface area contributed by atoms with E-state index in [0.29, 0.717) is 0 Å². The van der Waals surface area contributed by atoms with Crippen LogP contribution in [-0.2, 0) is 4.74 Å². The van der Waals surface area contributed by atoms with Crippen molar-refractivity contribution in [2.24, 2.45) is 0 Å². The Labute approximate surface area is 51.4 Å². The molecule has 0 fully saturated rings. The van der Waals surface area contributed by atoms with Crippen molar-refractivity contribution in [1.82, 2.24) is 0 Å². The minimum atomic E-state index is 0.768. The first-order valence-electron chi connectivity index (χ1n) is 3.14. The third-order valence-electron chi connectivity index (χ3n) is 0.821. The third kappa shape index (κ3) is 5.70. The van der Waals surface area contributed by atoms with Gasteiger partial charge in [0.2, 0.25) is 0 Å². The van der Waals surface area contributed by atoms with E-state index >= 15 is 0 Å². The van der Waals surface area contributed by atoms with E-state index in [2.05, 4.69) is 13.0 Å². The molecular formula is C7H14O. The summed E-state index contributed by atoms with van der Waals surface area (Å²) in [6, 6.07) is 0. The van der Waals surface area contributed by atoms with Crippen molar-refractivity contribution < 1.29 is 4.74 Å². The van der Waals surface area contributed by atoms with E-state index in [1.807, 2.05) is 13.0 Å². The Morgan fingerprint density at radius 3 is 2.50 bits per heavy atom. The van der Waals surface area contributed by atoms with Crippen LogP contribution in [0.3, 0.4) is 0 Å². The van der Waals surface area contributed by atoms with E-state index in [1.165, 1.54) is 0 Å². The van der Waals surface area contributed by atoms with Crippen molar-refractivity contribution in [3.63, 3.8) is 0 Å². The van der Waals surface area contributed by atoms with Crippen LogP contribution in [0, 0.1) is 0 Å². The zero-order valence-electron chi connectivity index (χ0n) is 5.68. The van der Waals surface area contributed by atoms with Crippen LogP contribution in [0.15, 0.2) is 12.2 Å².